The van der Waals surface area contributed by atoms with Gasteiger partial charge >= 0.3 is 0 Å². The van der Waals surface area contributed by atoms with E-state index >= 15 is 0 Å². The van der Waals surface area contributed by atoms with Crippen LogP contribution >= 0.6 is 0 Å². The van der Waals surface area contributed by atoms with Gasteiger partial charge < -0.3 is 16.0 Å². The van der Waals surface area contributed by atoms with Gasteiger partial charge in [-0.2, -0.15) is 0 Å². The third kappa shape index (κ3) is 6.25. The highest BCUT2D eigenvalue weighted by atomic mass is 16.2. The molecule has 0 aromatic heterocycles. The van der Waals surface area contributed by atoms with Crippen molar-refractivity contribution in [3.8, 4) is 0 Å². The van der Waals surface area contributed by atoms with Gasteiger partial charge in [-0.1, -0.05) is 84.9 Å². The summed E-state index contributed by atoms with van der Waals surface area (Å²) in [6, 6.07) is 28.3. The number of carbonyl (C=O) groups excluding carboxylic acids is 2. The van der Waals surface area contributed by atoms with Crippen molar-refractivity contribution in [1.29, 1.82) is 0 Å². The molecular formula is C30H33N3O2. The molecule has 0 spiro atoms. The number of likely N-dealkylation sites (N-methyl/N-ethyl adjacent to an activating group) is 1. The van der Waals surface area contributed by atoms with Crippen LogP contribution in [0.1, 0.15) is 24.0 Å². The Kier molecular flexibility index (Phi) is 8.11. The third-order valence-corrected chi connectivity index (χ3v) is 6.53. The van der Waals surface area contributed by atoms with Crippen LogP contribution in [0.2, 0.25) is 0 Å². The van der Waals surface area contributed by atoms with Crippen molar-refractivity contribution < 1.29 is 9.59 Å². The number of aryl methyl sites for hydroxylation is 1. The van der Waals surface area contributed by atoms with E-state index < -0.39 is 6.04 Å². The van der Waals surface area contributed by atoms with Gasteiger partial charge in [0.15, 0.2) is 0 Å². The molecule has 0 saturated heterocycles. The Morgan fingerprint density at radius 3 is 2.03 bits per heavy atom. The van der Waals surface area contributed by atoms with Gasteiger partial charge in [0.05, 0.1) is 0 Å². The molecule has 1 unspecified atom stereocenters. The number of amides is 2. The summed E-state index contributed by atoms with van der Waals surface area (Å²) in [6.07, 6.45) is 2.14. The molecule has 0 fully saturated rings. The van der Waals surface area contributed by atoms with E-state index in [0.717, 1.165) is 21.9 Å². The zero-order chi connectivity index (χ0) is 24.6. The lowest BCUT2D eigenvalue weighted by Crippen LogP contribution is -2.49. The highest BCUT2D eigenvalue weighted by Gasteiger charge is 2.27. The third-order valence-electron chi connectivity index (χ3n) is 6.53. The molecule has 180 valence electrons. The van der Waals surface area contributed by atoms with Crippen LogP contribution in [0.15, 0.2) is 84.9 Å². The molecule has 4 aromatic rings. The highest BCUT2D eigenvalue weighted by Crippen LogP contribution is 2.20. The van der Waals surface area contributed by atoms with Crippen LogP contribution in [0.4, 0.5) is 0 Å². The zero-order valence-electron chi connectivity index (χ0n) is 20.2. The van der Waals surface area contributed by atoms with Crippen LogP contribution in [-0.2, 0) is 22.4 Å². The predicted molar refractivity (Wildman–Crippen MR) is 143 cm³/mol. The number of nitrogens with zero attached hydrogens (tertiary/aromatic N) is 1. The van der Waals surface area contributed by atoms with Crippen molar-refractivity contribution in [3.63, 3.8) is 0 Å². The molecule has 1 atom stereocenters. The lowest BCUT2D eigenvalue weighted by atomic mass is 9.99. The fourth-order valence-electron chi connectivity index (χ4n) is 4.42. The van der Waals surface area contributed by atoms with Crippen LogP contribution in [0.5, 0.6) is 0 Å². The van der Waals surface area contributed by atoms with E-state index in [2.05, 4.69) is 59.9 Å². The minimum Gasteiger partial charge on any atom is -0.354 e. The van der Waals surface area contributed by atoms with E-state index in [1.54, 1.807) is 11.9 Å². The van der Waals surface area contributed by atoms with Gasteiger partial charge in [-0.3, -0.25) is 9.59 Å². The highest BCUT2D eigenvalue weighted by molar-refractivity contribution is 5.89. The quantitative estimate of drug-likeness (QED) is 0.338. The smallest absolute Gasteiger partial charge is 0.243 e. The number of hydrogen-bond donors (Lipinski definition) is 2. The summed E-state index contributed by atoms with van der Waals surface area (Å²) in [7, 11) is 1.73. The Balaban J connectivity index is 1.47. The van der Waals surface area contributed by atoms with Crippen molar-refractivity contribution >= 4 is 33.4 Å². The molecule has 5 nitrogen and oxygen atoms in total. The SMILES string of the molecule is CN(C(=O)CCc1ccc2ccccc2c1)C(Cc1ccc2ccccc2c1)C(=O)NCCCN. The van der Waals surface area contributed by atoms with Crippen LogP contribution in [0, 0.1) is 0 Å². The average molecular weight is 468 g/mol. The molecular weight excluding hydrogens is 434 g/mol. The maximum Gasteiger partial charge on any atom is 0.243 e. The number of hydrogen-bond acceptors (Lipinski definition) is 3. The van der Waals surface area contributed by atoms with Gasteiger partial charge in [-0.05, 0) is 52.1 Å². The monoisotopic (exact) mass is 467 g/mol. The van der Waals surface area contributed by atoms with E-state index in [1.165, 1.54) is 10.8 Å². The summed E-state index contributed by atoms with van der Waals surface area (Å²) >= 11 is 0. The summed E-state index contributed by atoms with van der Waals surface area (Å²) in [5.41, 5.74) is 7.73. The normalized spacial score (nSPS) is 11.9. The molecule has 3 N–H and O–H groups in total. The summed E-state index contributed by atoms with van der Waals surface area (Å²) in [5, 5.41) is 7.58. The van der Waals surface area contributed by atoms with Gasteiger partial charge in [0.25, 0.3) is 0 Å². The van der Waals surface area contributed by atoms with Crippen molar-refractivity contribution in [2.24, 2.45) is 5.73 Å². The lowest BCUT2D eigenvalue weighted by molar-refractivity contribution is -0.138. The van der Waals surface area contributed by atoms with E-state index in [9.17, 15) is 9.59 Å². The first-order valence-corrected chi connectivity index (χ1v) is 12.2. The number of nitrogens with one attached hydrogen (secondary N) is 1. The summed E-state index contributed by atoms with van der Waals surface area (Å²) < 4.78 is 0. The largest absolute Gasteiger partial charge is 0.354 e. The molecule has 0 aliphatic carbocycles. The molecule has 5 heteroatoms. The van der Waals surface area contributed by atoms with E-state index in [-0.39, 0.29) is 11.8 Å². The molecule has 0 saturated carbocycles. The topological polar surface area (TPSA) is 75.4 Å². The Morgan fingerprint density at radius 2 is 1.40 bits per heavy atom. The van der Waals surface area contributed by atoms with Crippen LogP contribution in [-0.4, -0.2) is 42.9 Å². The second kappa shape index (κ2) is 11.6. The molecule has 0 bridgehead atoms. The maximum atomic E-state index is 13.2. The molecule has 4 rings (SSSR count). The first kappa shape index (κ1) is 24.4. The van der Waals surface area contributed by atoms with Gasteiger partial charge in [-0.15, -0.1) is 0 Å². The Bertz CT molecular complexity index is 1320. The molecule has 0 radical (unpaired) electrons. The average Bonchev–Trinajstić information content (AvgIpc) is 2.89. The van der Waals surface area contributed by atoms with Crippen LogP contribution in [0.25, 0.3) is 21.5 Å². The molecule has 4 aromatic carbocycles. The van der Waals surface area contributed by atoms with E-state index in [0.29, 0.717) is 38.8 Å². The van der Waals surface area contributed by atoms with Crippen molar-refractivity contribution in [2.75, 3.05) is 20.1 Å². The van der Waals surface area contributed by atoms with Gasteiger partial charge in [0, 0.05) is 26.4 Å². The molecule has 0 aliphatic rings. The number of rotatable bonds is 10. The minimum absolute atomic E-state index is 0.0436. The van der Waals surface area contributed by atoms with Gasteiger partial charge in [0.2, 0.25) is 11.8 Å². The maximum absolute atomic E-state index is 13.2. The first-order valence-electron chi connectivity index (χ1n) is 12.2. The summed E-state index contributed by atoms with van der Waals surface area (Å²) in [6.45, 7) is 1.01. The van der Waals surface area contributed by atoms with Gasteiger partial charge in [0.1, 0.15) is 6.04 Å². The summed E-state index contributed by atoms with van der Waals surface area (Å²) in [5.74, 6) is -0.189. The number of benzene rings is 4. The van der Waals surface area contributed by atoms with Crippen LogP contribution in [0.3, 0.4) is 0 Å². The number of fused-ring (bicyclic) bond motifs is 2. The Hall–Kier alpha value is -3.70. The zero-order valence-corrected chi connectivity index (χ0v) is 20.2. The number of nitrogens with two attached hydrogens (primary N) is 1. The summed E-state index contributed by atoms with van der Waals surface area (Å²) in [4.78, 5) is 27.9. The van der Waals surface area contributed by atoms with Crippen LogP contribution < -0.4 is 11.1 Å². The number of carbonyl (C=O) groups is 2. The fraction of sp³-hybridized carbons (Fsp3) is 0.267. The molecule has 0 heterocycles. The van der Waals surface area contributed by atoms with Crippen molar-refractivity contribution in [3.05, 3.63) is 96.1 Å². The first-order chi connectivity index (χ1) is 17.0. The molecule has 35 heavy (non-hydrogen) atoms. The second-order valence-corrected chi connectivity index (χ2v) is 9.02. The molecule has 0 aliphatic heterocycles. The van der Waals surface area contributed by atoms with Crippen molar-refractivity contribution in [1.82, 2.24) is 10.2 Å². The lowest BCUT2D eigenvalue weighted by Gasteiger charge is -2.28. The van der Waals surface area contributed by atoms with Crippen molar-refractivity contribution in [2.45, 2.75) is 31.7 Å². The standard InChI is InChI=1S/C30H33N3O2/c1-33(29(34)16-13-22-11-14-24-7-2-4-9-26(24)19-22)28(30(35)32-18-6-17-31)21-23-12-15-25-8-3-5-10-27(25)20-23/h2-5,7-12,14-15,19-20,28H,6,13,16-18,21,31H2,1H3,(H,32,35). The Morgan fingerprint density at radius 1 is 0.829 bits per heavy atom. The fourth-order valence-corrected chi connectivity index (χ4v) is 4.42. The molecule has 2 amide bonds. The van der Waals surface area contributed by atoms with E-state index in [4.69, 9.17) is 5.73 Å². The second-order valence-electron chi connectivity index (χ2n) is 9.02. The predicted octanol–water partition coefficient (Wildman–Crippen LogP) is 4.46. The van der Waals surface area contributed by atoms with E-state index in [1.807, 2.05) is 30.3 Å². The minimum atomic E-state index is -0.585. The Labute approximate surface area is 206 Å². The van der Waals surface area contributed by atoms with Gasteiger partial charge in [-0.25, -0.2) is 0 Å².